The second-order valence-corrected chi connectivity index (χ2v) is 8.45. The van der Waals surface area contributed by atoms with Gasteiger partial charge in [0.25, 0.3) is 0 Å². The molecule has 2 bridgehead atoms. The van der Waals surface area contributed by atoms with Crippen molar-refractivity contribution in [1.82, 2.24) is 0 Å². The molecule has 4 aliphatic rings. The van der Waals surface area contributed by atoms with Gasteiger partial charge in [0.15, 0.2) is 5.78 Å². The number of carbonyl (C=O) groups excluding carboxylic acids is 3. The third kappa shape index (κ3) is 2.32. The minimum absolute atomic E-state index is 0.0784. The van der Waals surface area contributed by atoms with Gasteiger partial charge >= 0.3 is 0 Å². The van der Waals surface area contributed by atoms with E-state index in [0.29, 0.717) is 11.3 Å². The van der Waals surface area contributed by atoms with Crippen LogP contribution in [-0.2, 0) is 9.59 Å². The van der Waals surface area contributed by atoms with Crippen molar-refractivity contribution in [3.05, 3.63) is 101 Å². The van der Waals surface area contributed by atoms with Crippen LogP contribution < -0.4 is 10.6 Å². The molecule has 5 heteroatoms. The molecular weight excluding hydrogens is 388 g/mol. The van der Waals surface area contributed by atoms with Crippen LogP contribution >= 0.6 is 0 Å². The lowest BCUT2D eigenvalue weighted by Crippen LogP contribution is -2.41. The van der Waals surface area contributed by atoms with Crippen molar-refractivity contribution < 1.29 is 14.4 Å². The molecule has 5 nitrogen and oxygen atoms in total. The van der Waals surface area contributed by atoms with Crippen molar-refractivity contribution in [2.45, 2.75) is 11.8 Å². The Balaban J connectivity index is 1.48. The lowest BCUT2D eigenvalue weighted by atomic mass is 9.55. The second-order valence-electron chi connectivity index (χ2n) is 8.45. The van der Waals surface area contributed by atoms with Gasteiger partial charge < -0.3 is 5.73 Å². The molecule has 0 spiro atoms. The molecule has 3 aliphatic carbocycles. The summed E-state index contributed by atoms with van der Waals surface area (Å²) in [6.07, 6.45) is 0. The zero-order valence-corrected chi connectivity index (χ0v) is 16.7. The molecule has 1 fully saturated rings. The first-order chi connectivity index (χ1) is 15.1. The minimum atomic E-state index is -0.410. The average molecular weight is 408 g/mol. The summed E-state index contributed by atoms with van der Waals surface area (Å²) in [5.74, 6) is -1.56. The number of hydrogen-bond donors (Lipinski definition) is 1. The Morgan fingerprint density at radius 2 is 1.13 bits per heavy atom. The fourth-order valence-corrected chi connectivity index (χ4v) is 5.85. The first-order valence-electron chi connectivity index (χ1n) is 10.5. The van der Waals surface area contributed by atoms with Crippen LogP contribution in [0.25, 0.3) is 0 Å². The van der Waals surface area contributed by atoms with Crippen molar-refractivity contribution in [2.75, 3.05) is 11.4 Å². The van der Waals surface area contributed by atoms with Gasteiger partial charge in [0, 0.05) is 17.4 Å². The fourth-order valence-electron chi connectivity index (χ4n) is 5.85. The third-order valence-electron chi connectivity index (χ3n) is 7.08. The Morgan fingerprint density at radius 3 is 1.52 bits per heavy atom. The summed E-state index contributed by atoms with van der Waals surface area (Å²) in [6.45, 7) is -0.0784. The lowest BCUT2D eigenvalue weighted by Gasteiger charge is -2.45. The summed E-state index contributed by atoms with van der Waals surface area (Å²) in [6, 6.07) is 23.0. The van der Waals surface area contributed by atoms with Crippen LogP contribution in [0.4, 0.5) is 5.69 Å². The SMILES string of the molecule is NCC(=O)c1ccc(N2C(=O)C3C4c5ccccc5C(c5ccccc54)C3C2=O)cc1. The van der Waals surface area contributed by atoms with Gasteiger partial charge in [-0.3, -0.25) is 14.4 Å². The molecule has 2 atom stereocenters. The van der Waals surface area contributed by atoms with Crippen LogP contribution in [0.2, 0.25) is 0 Å². The Morgan fingerprint density at radius 1 is 0.710 bits per heavy atom. The van der Waals surface area contributed by atoms with E-state index in [1.165, 1.54) is 4.90 Å². The summed E-state index contributed by atoms with van der Waals surface area (Å²) < 4.78 is 0. The number of benzene rings is 3. The van der Waals surface area contributed by atoms with Crippen LogP contribution in [0.5, 0.6) is 0 Å². The van der Waals surface area contributed by atoms with Crippen LogP contribution in [0.3, 0.4) is 0 Å². The Kier molecular flexibility index (Phi) is 3.80. The van der Waals surface area contributed by atoms with E-state index in [1.54, 1.807) is 24.3 Å². The zero-order valence-electron chi connectivity index (χ0n) is 16.7. The quantitative estimate of drug-likeness (QED) is 0.533. The van der Waals surface area contributed by atoms with Gasteiger partial charge in [-0.15, -0.1) is 0 Å². The first-order valence-corrected chi connectivity index (χ1v) is 10.5. The standard InChI is InChI=1S/C26H20N2O3/c27-13-20(29)14-9-11-15(12-10-14)28-25(30)23-21-16-5-1-2-6-17(16)22(24(23)26(28)31)19-8-4-3-7-18(19)21/h1-12,21-24H,13,27H2. The first kappa shape index (κ1) is 18.2. The van der Waals surface area contributed by atoms with Crippen molar-refractivity contribution in [2.24, 2.45) is 17.6 Å². The van der Waals surface area contributed by atoms with Gasteiger partial charge in [0.05, 0.1) is 24.1 Å². The molecule has 3 aromatic rings. The van der Waals surface area contributed by atoms with E-state index in [0.717, 1.165) is 22.3 Å². The van der Waals surface area contributed by atoms with E-state index < -0.39 is 11.8 Å². The molecule has 0 aromatic heterocycles. The third-order valence-corrected chi connectivity index (χ3v) is 7.08. The highest BCUT2D eigenvalue weighted by Gasteiger charge is 2.61. The number of nitrogens with two attached hydrogens (primary N) is 1. The molecule has 2 amide bonds. The number of Topliss-reactive ketones (excluding diaryl/α,β-unsaturated/α-hetero) is 1. The normalized spacial score (nSPS) is 25.3. The molecule has 152 valence electrons. The maximum absolute atomic E-state index is 13.7. The van der Waals surface area contributed by atoms with Crippen LogP contribution in [0.15, 0.2) is 72.8 Å². The average Bonchev–Trinajstić information content (AvgIpc) is 3.09. The van der Waals surface area contributed by atoms with Crippen molar-refractivity contribution >= 4 is 23.3 Å². The molecular formula is C26H20N2O3. The number of hydrogen-bond acceptors (Lipinski definition) is 4. The van der Waals surface area contributed by atoms with E-state index in [2.05, 4.69) is 24.3 Å². The van der Waals surface area contributed by atoms with E-state index in [-0.39, 0.29) is 36.0 Å². The molecule has 1 aliphatic heterocycles. The lowest BCUT2D eigenvalue weighted by molar-refractivity contribution is -0.122. The number of imide groups is 1. The Hall–Kier alpha value is -3.57. The summed E-state index contributed by atoms with van der Waals surface area (Å²) in [5.41, 5.74) is 11.0. The monoisotopic (exact) mass is 408 g/mol. The van der Waals surface area contributed by atoms with E-state index in [4.69, 9.17) is 5.73 Å². The summed E-state index contributed by atoms with van der Waals surface area (Å²) in [7, 11) is 0. The predicted molar refractivity (Wildman–Crippen MR) is 116 cm³/mol. The molecule has 31 heavy (non-hydrogen) atoms. The molecule has 2 unspecified atom stereocenters. The molecule has 2 N–H and O–H groups in total. The number of nitrogens with zero attached hydrogens (tertiary/aromatic N) is 1. The van der Waals surface area contributed by atoms with Gasteiger partial charge in [-0.05, 0) is 46.5 Å². The van der Waals surface area contributed by atoms with E-state index >= 15 is 0 Å². The van der Waals surface area contributed by atoms with Gasteiger partial charge in [-0.1, -0.05) is 48.5 Å². The smallest absolute Gasteiger partial charge is 0.238 e. The van der Waals surface area contributed by atoms with E-state index in [9.17, 15) is 14.4 Å². The van der Waals surface area contributed by atoms with Crippen LogP contribution in [-0.4, -0.2) is 24.1 Å². The summed E-state index contributed by atoms with van der Waals surface area (Å²) in [5, 5.41) is 0. The van der Waals surface area contributed by atoms with Crippen molar-refractivity contribution in [3.63, 3.8) is 0 Å². The molecule has 3 aromatic carbocycles. The van der Waals surface area contributed by atoms with Crippen LogP contribution in [0, 0.1) is 11.8 Å². The van der Waals surface area contributed by atoms with Crippen molar-refractivity contribution in [3.8, 4) is 0 Å². The minimum Gasteiger partial charge on any atom is -0.324 e. The van der Waals surface area contributed by atoms with Gasteiger partial charge in [-0.2, -0.15) is 0 Å². The number of amides is 2. The topological polar surface area (TPSA) is 80.5 Å². The number of rotatable bonds is 3. The van der Waals surface area contributed by atoms with E-state index in [1.807, 2.05) is 24.3 Å². The van der Waals surface area contributed by atoms with Crippen LogP contribution in [0.1, 0.15) is 44.4 Å². The summed E-state index contributed by atoms with van der Waals surface area (Å²) >= 11 is 0. The number of anilines is 1. The second kappa shape index (κ2) is 6.46. The highest BCUT2D eigenvalue weighted by atomic mass is 16.2. The fraction of sp³-hybridized carbons (Fsp3) is 0.192. The molecule has 0 radical (unpaired) electrons. The highest BCUT2D eigenvalue weighted by molar-refractivity contribution is 6.23. The Bertz CT molecular complexity index is 1150. The van der Waals surface area contributed by atoms with Crippen molar-refractivity contribution in [1.29, 1.82) is 0 Å². The Labute approximate surface area is 179 Å². The summed E-state index contributed by atoms with van der Waals surface area (Å²) in [4.78, 5) is 40.5. The molecule has 7 rings (SSSR count). The number of carbonyl (C=O) groups is 3. The highest BCUT2D eigenvalue weighted by Crippen LogP contribution is 2.61. The largest absolute Gasteiger partial charge is 0.324 e. The molecule has 1 saturated heterocycles. The molecule has 1 heterocycles. The molecule has 0 saturated carbocycles. The zero-order chi connectivity index (χ0) is 21.3. The maximum Gasteiger partial charge on any atom is 0.238 e. The number of ketones is 1. The van der Waals surface area contributed by atoms with Gasteiger partial charge in [0.2, 0.25) is 11.8 Å². The maximum atomic E-state index is 13.7. The predicted octanol–water partition coefficient (Wildman–Crippen LogP) is 3.22. The van der Waals surface area contributed by atoms with Gasteiger partial charge in [-0.25, -0.2) is 4.90 Å². The van der Waals surface area contributed by atoms with Gasteiger partial charge in [0.1, 0.15) is 0 Å².